The number of ether oxygens (including phenoxy) is 1. The van der Waals surface area contributed by atoms with Crippen LogP contribution in [-0.2, 0) is 4.74 Å². The number of halogens is 1. The Morgan fingerprint density at radius 3 is 3.00 bits per heavy atom. The Morgan fingerprint density at radius 2 is 2.37 bits per heavy atom. The number of aromatic nitrogens is 2. The number of morpholine rings is 1. The molecule has 1 aromatic heterocycles. The van der Waals surface area contributed by atoms with Gasteiger partial charge in [0, 0.05) is 30.5 Å². The second-order valence-corrected chi connectivity index (χ2v) is 5.70. The summed E-state index contributed by atoms with van der Waals surface area (Å²) in [6.07, 6.45) is 2.98. The molecule has 2 atom stereocenters. The quantitative estimate of drug-likeness (QED) is 0.797. The Hall–Kier alpha value is -0.710. The fraction of sp³-hybridized carbons (Fsp3) is 0.714. The third-order valence-electron chi connectivity index (χ3n) is 3.44. The second kappa shape index (κ2) is 6.64. The van der Waals surface area contributed by atoms with Gasteiger partial charge in [0.05, 0.1) is 12.0 Å². The van der Waals surface area contributed by atoms with Gasteiger partial charge in [0.15, 0.2) is 5.82 Å². The summed E-state index contributed by atoms with van der Waals surface area (Å²) in [5.41, 5.74) is 1.94. The molecule has 2 rings (SSSR count). The van der Waals surface area contributed by atoms with E-state index in [2.05, 4.69) is 21.8 Å². The maximum atomic E-state index is 6.09. The van der Waals surface area contributed by atoms with Crippen molar-refractivity contribution < 1.29 is 4.74 Å². The Kier molecular flexibility index (Phi) is 5.13. The number of hydrogen-bond donors (Lipinski definition) is 0. The van der Waals surface area contributed by atoms with Gasteiger partial charge in [0.25, 0.3) is 0 Å². The van der Waals surface area contributed by atoms with Crippen molar-refractivity contribution >= 4 is 11.6 Å². The molecule has 1 fully saturated rings. The van der Waals surface area contributed by atoms with Crippen molar-refractivity contribution in [3.05, 3.63) is 23.3 Å². The molecule has 0 aromatic carbocycles. The van der Waals surface area contributed by atoms with Gasteiger partial charge in [-0.25, -0.2) is 9.97 Å². The summed E-state index contributed by atoms with van der Waals surface area (Å²) in [5, 5.41) is -0.0575. The van der Waals surface area contributed by atoms with Crippen molar-refractivity contribution in [2.45, 2.75) is 38.7 Å². The Morgan fingerprint density at radius 1 is 1.58 bits per heavy atom. The average molecular weight is 284 g/mol. The van der Waals surface area contributed by atoms with E-state index in [0.29, 0.717) is 0 Å². The summed E-state index contributed by atoms with van der Waals surface area (Å²) in [6, 6.07) is 0. The lowest BCUT2D eigenvalue weighted by atomic mass is 10.1. The molecule has 0 radical (unpaired) electrons. The van der Waals surface area contributed by atoms with Crippen molar-refractivity contribution in [2.75, 3.05) is 26.2 Å². The highest BCUT2D eigenvalue weighted by Crippen LogP contribution is 2.24. The van der Waals surface area contributed by atoms with Gasteiger partial charge < -0.3 is 4.74 Å². The van der Waals surface area contributed by atoms with Crippen LogP contribution in [0, 0.1) is 6.92 Å². The maximum Gasteiger partial charge on any atom is 0.158 e. The summed E-state index contributed by atoms with van der Waals surface area (Å²) in [7, 11) is 0. The Labute approximate surface area is 120 Å². The fourth-order valence-corrected chi connectivity index (χ4v) is 2.63. The highest BCUT2D eigenvalue weighted by Gasteiger charge is 2.24. The molecule has 2 heterocycles. The predicted octanol–water partition coefficient (Wildman–Crippen LogP) is 2.87. The van der Waals surface area contributed by atoms with Gasteiger partial charge in [0.1, 0.15) is 6.10 Å². The normalized spacial score (nSPS) is 22.4. The van der Waals surface area contributed by atoms with Gasteiger partial charge in [-0.15, -0.1) is 11.6 Å². The smallest absolute Gasteiger partial charge is 0.158 e. The molecule has 0 bridgehead atoms. The number of nitrogens with zero attached hydrogens (tertiary/aromatic N) is 3. The topological polar surface area (TPSA) is 38.2 Å². The molecule has 0 aliphatic carbocycles. The van der Waals surface area contributed by atoms with E-state index in [1.807, 2.05) is 20.0 Å². The van der Waals surface area contributed by atoms with Gasteiger partial charge >= 0.3 is 0 Å². The molecule has 1 aliphatic rings. The van der Waals surface area contributed by atoms with Gasteiger partial charge in [0.2, 0.25) is 0 Å². The van der Waals surface area contributed by atoms with Gasteiger partial charge in [-0.3, -0.25) is 4.90 Å². The lowest BCUT2D eigenvalue weighted by Gasteiger charge is -2.32. The largest absolute Gasteiger partial charge is 0.368 e. The average Bonchev–Trinajstić information content (AvgIpc) is 2.39. The third kappa shape index (κ3) is 3.65. The van der Waals surface area contributed by atoms with E-state index in [4.69, 9.17) is 16.3 Å². The van der Waals surface area contributed by atoms with Crippen LogP contribution in [0.4, 0.5) is 0 Å². The summed E-state index contributed by atoms with van der Waals surface area (Å²) < 4.78 is 5.80. The first kappa shape index (κ1) is 14.7. The molecular weight excluding hydrogens is 262 g/mol. The minimum absolute atomic E-state index is 0.0151. The zero-order valence-electron chi connectivity index (χ0n) is 11.9. The number of aryl methyl sites for hydroxylation is 1. The van der Waals surface area contributed by atoms with Crippen LogP contribution in [0.5, 0.6) is 0 Å². The van der Waals surface area contributed by atoms with E-state index < -0.39 is 0 Å². The Bertz CT molecular complexity index is 423. The molecule has 0 saturated carbocycles. The van der Waals surface area contributed by atoms with Crippen LogP contribution in [0.1, 0.15) is 48.8 Å². The molecule has 19 heavy (non-hydrogen) atoms. The van der Waals surface area contributed by atoms with E-state index in [-0.39, 0.29) is 11.5 Å². The molecule has 1 aliphatic heterocycles. The number of alkyl halides is 1. The minimum Gasteiger partial charge on any atom is -0.368 e. The van der Waals surface area contributed by atoms with E-state index in [1.165, 1.54) is 0 Å². The summed E-state index contributed by atoms with van der Waals surface area (Å²) in [6.45, 7) is 9.85. The van der Waals surface area contributed by atoms with Crippen LogP contribution < -0.4 is 0 Å². The van der Waals surface area contributed by atoms with Crippen LogP contribution in [-0.4, -0.2) is 41.1 Å². The zero-order valence-corrected chi connectivity index (χ0v) is 12.7. The predicted molar refractivity (Wildman–Crippen MR) is 76.5 cm³/mol. The summed E-state index contributed by atoms with van der Waals surface area (Å²) in [5.74, 6) is 0.777. The van der Waals surface area contributed by atoms with Crippen molar-refractivity contribution in [2.24, 2.45) is 0 Å². The highest BCUT2D eigenvalue weighted by atomic mass is 35.5. The molecule has 1 saturated heterocycles. The van der Waals surface area contributed by atoms with E-state index in [0.717, 1.165) is 49.7 Å². The molecule has 2 unspecified atom stereocenters. The lowest BCUT2D eigenvalue weighted by Crippen LogP contribution is -2.39. The van der Waals surface area contributed by atoms with Crippen LogP contribution >= 0.6 is 11.6 Å². The van der Waals surface area contributed by atoms with Crippen LogP contribution in [0.2, 0.25) is 0 Å². The second-order valence-electron chi connectivity index (χ2n) is 5.04. The highest BCUT2D eigenvalue weighted by molar-refractivity contribution is 6.20. The third-order valence-corrected chi connectivity index (χ3v) is 3.68. The number of hydrogen-bond acceptors (Lipinski definition) is 4. The lowest BCUT2D eigenvalue weighted by molar-refractivity contribution is -0.0343. The van der Waals surface area contributed by atoms with Crippen molar-refractivity contribution in [1.82, 2.24) is 14.9 Å². The minimum atomic E-state index is -0.0575. The molecule has 0 N–H and O–H groups in total. The SMILES string of the molecule is CCCN1CCOC(c2ncc(C(C)Cl)c(C)n2)C1. The number of rotatable bonds is 4. The first-order chi connectivity index (χ1) is 9.11. The van der Waals surface area contributed by atoms with Crippen molar-refractivity contribution in [3.63, 3.8) is 0 Å². The van der Waals surface area contributed by atoms with E-state index in [9.17, 15) is 0 Å². The molecule has 5 heteroatoms. The standard InChI is InChI=1S/C14H22ClN3O/c1-4-5-18-6-7-19-13(9-18)14-16-8-12(10(2)15)11(3)17-14/h8,10,13H,4-7,9H2,1-3H3. The Balaban J connectivity index is 2.11. The molecule has 106 valence electrons. The van der Waals surface area contributed by atoms with E-state index >= 15 is 0 Å². The van der Waals surface area contributed by atoms with Gasteiger partial charge in [-0.1, -0.05) is 6.92 Å². The maximum absolute atomic E-state index is 6.09. The van der Waals surface area contributed by atoms with Gasteiger partial charge in [-0.05, 0) is 26.8 Å². The molecule has 4 nitrogen and oxygen atoms in total. The molecular formula is C14H22ClN3O. The zero-order chi connectivity index (χ0) is 13.8. The molecule has 1 aromatic rings. The monoisotopic (exact) mass is 283 g/mol. The first-order valence-electron chi connectivity index (χ1n) is 6.93. The van der Waals surface area contributed by atoms with Gasteiger partial charge in [-0.2, -0.15) is 0 Å². The summed E-state index contributed by atoms with van der Waals surface area (Å²) in [4.78, 5) is 11.4. The van der Waals surface area contributed by atoms with Crippen LogP contribution in [0.15, 0.2) is 6.20 Å². The fourth-order valence-electron chi connectivity index (χ4n) is 2.42. The van der Waals surface area contributed by atoms with Crippen molar-refractivity contribution in [3.8, 4) is 0 Å². The van der Waals surface area contributed by atoms with Crippen molar-refractivity contribution in [1.29, 1.82) is 0 Å². The summed E-state index contributed by atoms with van der Waals surface area (Å²) >= 11 is 6.09. The first-order valence-corrected chi connectivity index (χ1v) is 7.37. The molecule has 0 amide bonds. The molecule has 0 spiro atoms. The van der Waals surface area contributed by atoms with E-state index in [1.54, 1.807) is 0 Å². The van der Waals surface area contributed by atoms with Crippen LogP contribution in [0.25, 0.3) is 0 Å². The van der Waals surface area contributed by atoms with Crippen LogP contribution in [0.3, 0.4) is 0 Å².